The number of hydrogen-bond acceptors (Lipinski definition) is 4. The molecule has 0 aromatic carbocycles. The van der Waals surface area contributed by atoms with Crippen LogP contribution in [0.1, 0.15) is 0 Å². The van der Waals surface area contributed by atoms with E-state index in [0.29, 0.717) is 0 Å². The van der Waals surface area contributed by atoms with E-state index < -0.39 is 0 Å². The fourth-order valence-electron chi connectivity index (χ4n) is 1.47. The summed E-state index contributed by atoms with van der Waals surface area (Å²) in [7, 11) is 0. The van der Waals surface area contributed by atoms with Gasteiger partial charge in [0.15, 0.2) is 0 Å². The maximum Gasteiger partial charge on any atom is 0.116 e. The zero-order valence-electron chi connectivity index (χ0n) is 7.79. The molecule has 0 aliphatic heterocycles. The Morgan fingerprint density at radius 1 is 1.00 bits per heavy atom. The molecule has 0 aliphatic rings. The maximum atomic E-state index is 4.30. The third-order valence-electron chi connectivity index (χ3n) is 2.15. The van der Waals surface area contributed by atoms with Gasteiger partial charge in [-0.1, -0.05) is 6.07 Å². The largest absolute Gasteiger partial charge is 0.255 e. The van der Waals surface area contributed by atoms with Crippen LogP contribution in [0.3, 0.4) is 0 Å². The van der Waals surface area contributed by atoms with Crippen LogP contribution in [0.5, 0.6) is 0 Å². The summed E-state index contributed by atoms with van der Waals surface area (Å²) in [6, 6.07) is 7.82. The van der Waals surface area contributed by atoms with Crippen molar-refractivity contribution in [3.05, 3.63) is 42.2 Å². The highest BCUT2D eigenvalue weighted by atomic mass is 32.1. The second-order valence-electron chi connectivity index (χ2n) is 3.07. The summed E-state index contributed by atoms with van der Waals surface area (Å²) < 4.78 is 1.09. The van der Waals surface area contributed by atoms with E-state index in [9.17, 15) is 0 Å². The summed E-state index contributed by atoms with van der Waals surface area (Å²) in [5.41, 5.74) is 2.79. The minimum Gasteiger partial charge on any atom is -0.255 e. The van der Waals surface area contributed by atoms with Gasteiger partial charge in [-0.3, -0.25) is 4.98 Å². The smallest absolute Gasteiger partial charge is 0.116 e. The van der Waals surface area contributed by atoms with Gasteiger partial charge in [0.1, 0.15) is 12.0 Å². The third kappa shape index (κ3) is 1.39. The average molecular weight is 213 g/mol. The molecule has 3 heterocycles. The normalized spacial score (nSPS) is 10.7. The molecule has 0 spiro atoms. The minimum atomic E-state index is 0.896. The number of fused-ring (bicyclic) bond motifs is 1. The summed E-state index contributed by atoms with van der Waals surface area (Å²) in [5.74, 6) is 0. The number of rotatable bonds is 1. The lowest BCUT2D eigenvalue weighted by Crippen LogP contribution is -1.87. The zero-order valence-corrected chi connectivity index (χ0v) is 8.61. The van der Waals surface area contributed by atoms with Gasteiger partial charge in [-0.15, -0.1) is 11.3 Å². The fourth-order valence-corrected chi connectivity index (χ4v) is 2.32. The number of nitrogens with zero attached hydrogens (tertiary/aromatic N) is 3. The van der Waals surface area contributed by atoms with E-state index in [-0.39, 0.29) is 0 Å². The molecule has 0 aliphatic carbocycles. The molecule has 0 atom stereocenters. The SMILES string of the molecule is c1ccc(-c2ncnc3ccsc23)nc1. The summed E-state index contributed by atoms with van der Waals surface area (Å²) in [6.45, 7) is 0. The van der Waals surface area contributed by atoms with Gasteiger partial charge in [0.05, 0.1) is 15.9 Å². The van der Waals surface area contributed by atoms with Crippen molar-refractivity contribution >= 4 is 21.6 Å². The van der Waals surface area contributed by atoms with Gasteiger partial charge >= 0.3 is 0 Å². The molecule has 0 fully saturated rings. The van der Waals surface area contributed by atoms with Crippen molar-refractivity contribution in [2.24, 2.45) is 0 Å². The summed E-state index contributed by atoms with van der Waals surface area (Å²) >= 11 is 1.64. The van der Waals surface area contributed by atoms with Crippen LogP contribution in [0.25, 0.3) is 21.6 Å². The van der Waals surface area contributed by atoms with E-state index in [1.54, 1.807) is 23.9 Å². The van der Waals surface area contributed by atoms with E-state index in [1.165, 1.54) is 0 Å². The Kier molecular flexibility index (Phi) is 1.93. The Balaban J connectivity index is 2.31. The maximum absolute atomic E-state index is 4.30. The molecular weight excluding hydrogens is 206 g/mol. The molecule has 72 valence electrons. The highest BCUT2D eigenvalue weighted by Gasteiger charge is 2.07. The number of pyridine rings is 1. The molecule has 3 aromatic heterocycles. The van der Waals surface area contributed by atoms with Crippen LogP contribution in [-0.4, -0.2) is 15.0 Å². The van der Waals surface area contributed by atoms with E-state index in [1.807, 2.05) is 29.6 Å². The van der Waals surface area contributed by atoms with Crippen LogP contribution in [0.4, 0.5) is 0 Å². The predicted molar refractivity (Wildman–Crippen MR) is 60.6 cm³/mol. The lowest BCUT2D eigenvalue weighted by molar-refractivity contribution is 1.20. The van der Waals surface area contributed by atoms with Crippen molar-refractivity contribution < 1.29 is 0 Å². The molecule has 3 nitrogen and oxygen atoms in total. The first-order chi connectivity index (χ1) is 7.45. The Hall–Kier alpha value is -1.81. The molecule has 0 unspecified atom stereocenters. The van der Waals surface area contributed by atoms with Crippen molar-refractivity contribution in [2.75, 3.05) is 0 Å². The van der Waals surface area contributed by atoms with E-state index >= 15 is 0 Å². The van der Waals surface area contributed by atoms with Crippen molar-refractivity contribution in [3.8, 4) is 11.4 Å². The molecule has 4 heteroatoms. The van der Waals surface area contributed by atoms with E-state index in [0.717, 1.165) is 21.6 Å². The van der Waals surface area contributed by atoms with Gasteiger partial charge in [0.2, 0.25) is 0 Å². The molecule has 0 bridgehead atoms. The quantitative estimate of drug-likeness (QED) is 0.624. The molecule has 15 heavy (non-hydrogen) atoms. The van der Waals surface area contributed by atoms with Gasteiger partial charge in [-0.05, 0) is 23.6 Å². The van der Waals surface area contributed by atoms with Crippen molar-refractivity contribution in [1.29, 1.82) is 0 Å². The third-order valence-corrected chi connectivity index (χ3v) is 3.06. The lowest BCUT2D eigenvalue weighted by Gasteiger charge is -1.99. The summed E-state index contributed by atoms with van der Waals surface area (Å²) in [6.07, 6.45) is 3.36. The van der Waals surface area contributed by atoms with Crippen LogP contribution < -0.4 is 0 Å². The van der Waals surface area contributed by atoms with Crippen LogP contribution in [-0.2, 0) is 0 Å². The average Bonchev–Trinajstić information content (AvgIpc) is 2.78. The zero-order chi connectivity index (χ0) is 10.1. The molecule has 0 saturated heterocycles. The van der Waals surface area contributed by atoms with E-state index in [2.05, 4.69) is 15.0 Å². The highest BCUT2D eigenvalue weighted by Crippen LogP contribution is 2.27. The second-order valence-corrected chi connectivity index (χ2v) is 3.99. The van der Waals surface area contributed by atoms with Gasteiger partial charge in [0.25, 0.3) is 0 Å². The van der Waals surface area contributed by atoms with Crippen molar-refractivity contribution in [1.82, 2.24) is 15.0 Å². The number of thiophene rings is 1. The summed E-state index contributed by atoms with van der Waals surface area (Å²) in [5, 5.41) is 2.02. The second kappa shape index (κ2) is 3.40. The standard InChI is InChI=1S/C11H7N3S/c1-2-5-12-8(3-1)10-11-9(4-6-15-11)13-7-14-10/h1-7H. The molecule has 3 aromatic rings. The van der Waals surface area contributed by atoms with Gasteiger partial charge in [-0.25, -0.2) is 9.97 Å². The highest BCUT2D eigenvalue weighted by molar-refractivity contribution is 7.17. The molecule has 0 N–H and O–H groups in total. The fraction of sp³-hybridized carbons (Fsp3) is 0. The first-order valence-corrected chi connectivity index (χ1v) is 5.43. The predicted octanol–water partition coefficient (Wildman–Crippen LogP) is 2.75. The lowest BCUT2D eigenvalue weighted by atomic mass is 10.2. The molecule has 0 saturated carbocycles. The monoisotopic (exact) mass is 213 g/mol. The molecule has 3 rings (SSSR count). The molecule has 0 radical (unpaired) electrons. The minimum absolute atomic E-state index is 0.896. The Morgan fingerprint density at radius 2 is 2.00 bits per heavy atom. The molecular formula is C11H7N3S. The molecule has 0 amide bonds. The topological polar surface area (TPSA) is 38.7 Å². The Bertz CT molecular complexity index is 589. The Morgan fingerprint density at radius 3 is 2.87 bits per heavy atom. The van der Waals surface area contributed by atoms with Gasteiger partial charge < -0.3 is 0 Å². The van der Waals surface area contributed by atoms with Gasteiger partial charge in [0, 0.05) is 6.20 Å². The Labute approximate surface area is 90.5 Å². The van der Waals surface area contributed by atoms with Crippen LogP contribution in [0, 0.1) is 0 Å². The summed E-state index contributed by atoms with van der Waals surface area (Å²) in [4.78, 5) is 12.8. The van der Waals surface area contributed by atoms with Gasteiger partial charge in [-0.2, -0.15) is 0 Å². The van der Waals surface area contributed by atoms with Crippen molar-refractivity contribution in [3.63, 3.8) is 0 Å². The van der Waals surface area contributed by atoms with E-state index in [4.69, 9.17) is 0 Å². The van der Waals surface area contributed by atoms with Crippen molar-refractivity contribution in [2.45, 2.75) is 0 Å². The van der Waals surface area contributed by atoms with Crippen LogP contribution >= 0.6 is 11.3 Å². The first-order valence-electron chi connectivity index (χ1n) is 4.55. The number of hydrogen-bond donors (Lipinski definition) is 0. The first kappa shape index (κ1) is 8.49. The van der Waals surface area contributed by atoms with Crippen LogP contribution in [0.2, 0.25) is 0 Å². The van der Waals surface area contributed by atoms with Crippen LogP contribution in [0.15, 0.2) is 42.2 Å². The number of aromatic nitrogens is 3.